The minimum atomic E-state index is -3.76. The van der Waals surface area contributed by atoms with Gasteiger partial charge in [-0.1, -0.05) is 12.1 Å². The van der Waals surface area contributed by atoms with Crippen molar-refractivity contribution in [1.29, 1.82) is 0 Å². The highest BCUT2D eigenvalue weighted by atomic mass is 35.5. The summed E-state index contributed by atoms with van der Waals surface area (Å²) in [7, 11) is -3.76. The molecule has 1 atom stereocenters. The van der Waals surface area contributed by atoms with Crippen LogP contribution in [0.5, 0.6) is 0 Å². The molecule has 1 saturated heterocycles. The number of piperidine rings is 1. The Bertz CT molecular complexity index is 490. The lowest BCUT2D eigenvalue weighted by Crippen LogP contribution is -2.45. The van der Waals surface area contributed by atoms with Gasteiger partial charge in [-0.2, -0.15) is 0 Å². The third-order valence-corrected chi connectivity index (χ3v) is 4.30. The Morgan fingerprint density at radius 1 is 1.33 bits per heavy atom. The van der Waals surface area contributed by atoms with Crippen molar-refractivity contribution in [3.8, 4) is 0 Å². The van der Waals surface area contributed by atoms with Crippen LogP contribution in [0.25, 0.3) is 0 Å². The Morgan fingerprint density at radius 2 is 2.06 bits per heavy atom. The Hall–Kier alpha value is -0.690. The number of hydrogen-bond donors (Lipinski definition) is 2. The Kier molecular flexibility index (Phi) is 5.52. The first-order valence-electron chi connectivity index (χ1n) is 5.57. The second-order valence-electron chi connectivity index (χ2n) is 4.09. The van der Waals surface area contributed by atoms with Gasteiger partial charge < -0.3 is 5.32 Å². The van der Waals surface area contributed by atoms with E-state index in [1.54, 1.807) is 0 Å². The molecule has 1 heterocycles. The average molecular weight is 295 g/mol. The molecule has 0 amide bonds. The Morgan fingerprint density at radius 3 is 2.67 bits per heavy atom. The first kappa shape index (κ1) is 15.4. The minimum Gasteiger partial charge on any atom is -0.315 e. The smallest absolute Gasteiger partial charge is 0.243 e. The lowest BCUT2D eigenvalue weighted by atomic mass is 10.1. The number of nitrogens with one attached hydrogen (secondary N) is 2. The van der Waals surface area contributed by atoms with Gasteiger partial charge in [-0.3, -0.25) is 0 Å². The van der Waals surface area contributed by atoms with Crippen molar-refractivity contribution >= 4 is 22.4 Å². The van der Waals surface area contributed by atoms with Crippen LogP contribution >= 0.6 is 12.4 Å². The molecule has 0 spiro atoms. The molecule has 0 aromatic heterocycles. The number of sulfonamides is 1. The summed E-state index contributed by atoms with van der Waals surface area (Å²) >= 11 is 0. The maximum Gasteiger partial charge on any atom is 0.243 e. The SMILES string of the molecule is Cl.O=S(=O)(NC1CCCNC1)c1ccccc1F. The van der Waals surface area contributed by atoms with E-state index in [0.717, 1.165) is 25.5 Å². The van der Waals surface area contributed by atoms with Gasteiger partial charge in [0.15, 0.2) is 0 Å². The molecule has 1 aromatic rings. The molecular weight excluding hydrogens is 279 g/mol. The lowest BCUT2D eigenvalue weighted by molar-refractivity contribution is 0.427. The van der Waals surface area contributed by atoms with Crippen LogP contribution in [0, 0.1) is 5.82 Å². The van der Waals surface area contributed by atoms with Crippen LogP contribution in [-0.2, 0) is 10.0 Å². The predicted molar refractivity (Wildman–Crippen MR) is 69.9 cm³/mol. The van der Waals surface area contributed by atoms with Gasteiger partial charge in [0.25, 0.3) is 0 Å². The zero-order valence-corrected chi connectivity index (χ0v) is 11.4. The van der Waals surface area contributed by atoms with Gasteiger partial charge >= 0.3 is 0 Å². The Balaban J connectivity index is 0.00000162. The molecule has 4 nitrogen and oxygen atoms in total. The van der Waals surface area contributed by atoms with Crippen molar-refractivity contribution in [2.45, 2.75) is 23.8 Å². The van der Waals surface area contributed by atoms with Crippen molar-refractivity contribution in [2.24, 2.45) is 0 Å². The van der Waals surface area contributed by atoms with Crippen LogP contribution in [0.3, 0.4) is 0 Å². The molecule has 1 aromatic carbocycles. The third-order valence-electron chi connectivity index (χ3n) is 2.74. The molecule has 1 unspecified atom stereocenters. The van der Waals surface area contributed by atoms with Crippen LogP contribution in [0.2, 0.25) is 0 Å². The highest BCUT2D eigenvalue weighted by Gasteiger charge is 2.23. The van der Waals surface area contributed by atoms with E-state index in [0.29, 0.717) is 6.54 Å². The monoisotopic (exact) mass is 294 g/mol. The van der Waals surface area contributed by atoms with Crippen LogP contribution in [0.4, 0.5) is 4.39 Å². The van der Waals surface area contributed by atoms with Gasteiger partial charge in [-0.25, -0.2) is 17.5 Å². The predicted octanol–water partition coefficient (Wildman–Crippen LogP) is 1.28. The van der Waals surface area contributed by atoms with E-state index in [1.807, 2.05) is 0 Å². The lowest BCUT2D eigenvalue weighted by Gasteiger charge is -2.23. The summed E-state index contributed by atoms with van der Waals surface area (Å²) in [4.78, 5) is -0.287. The highest BCUT2D eigenvalue weighted by Crippen LogP contribution is 2.14. The standard InChI is InChI=1S/C11H15FN2O2S.ClH/c12-10-5-1-2-6-11(10)17(15,16)14-9-4-3-7-13-8-9;/h1-2,5-6,9,13-14H,3-4,7-8H2;1H. The van der Waals surface area contributed by atoms with Gasteiger partial charge in [0.2, 0.25) is 10.0 Å². The van der Waals surface area contributed by atoms with Crippen molar-refractivity contribution < 1.29 is 12.8 Å². The maximum atomic E-state index is 13.4. The van der Waals surface area contributed by atoms with Crippen LogP contribution in [-0.4, -0.2) is 27.5 Å². The summed E-state index contributed by atoms with van der Waals surface area (Å²) in [5, 5.41) is 3.10. The van der Waals surface area contributed by atoms with E-state index in [2.05, 4.69) is 10.0 Å². The molecular formula is C11H16ClFN2O2S. The number of benzene rings is 1. The molecule has 1 fully saturated rings. The fourth-order valence-electron chi connectivity index (χ4n) is 1.90. The van der Waals surface area contributed by atoms with Gasteiger partial charge in [-0.15, -0.1) is 12.4 Å². The normalized spacial score (nSPS) is 20.2. The second-order valence-corrected chi connectivity index (χ2v) is 5.78. The number of halogens is 2. The van der Waals surface area contributed by atoms with E-state index in [-0.39, 0.29) is 23.3 Å². The topological polar surface area (TPSA) is 58.2 Å². The van der Waals surface area contributed by atoms with Crippen molar-refractivity contribution in [3.63, 3.8) is 0 Å². The van der Waals surface area contributed by atoms with Crippen molar-refractivity contribution in [1.82, 2.24) is 10.0 Å². The molecule has 0 aliphatic carbocycles. The summed E-state index contributed by atoms with van der Waals surface area (Å²) < 4.78 is 39.8. The molecule has 2 rings (SSSR count). The van der Waals surface area contributed by atoms with Crippen LogP contribution in [0.1, 0.15) is 12.8 Å². The fourth-order valence-corrected chi connectivity index (χ4v) is 3.25. The van der Waals surface area contributed by atoms with Crippen LogP contribution in [0.15, 0.2) is 29.2 Å². The van der Waals surface area contributed by atoms with Gasteiger partial charge in [-0.05, 0) is 31.5 Å². The minimum absolute atomic E-state index is 0. The molecule has 1 aliphatic rings. The van der Waals surface area contributed by atoms with Gasteiger partial charge in [0.05, 0.1) is 0 Å². The number of rotatable bonds is 3. The number of hydrogen-bond acceptors (Lipinski definition) is 3. The van der Waals surface area contributed by atoms with Gasteiger partial charge in [0, 0.05) is 12.6 Å². The van der Waals surface area contributed by atoms with Crippen LogP contribution < -0.4 is 10.0 Å². The zero-order valence-electron chi connectivity index (χ0n) is 9.73. The van der Waals surface area contributed by atoms with E-state index in [4.69, 9.17) is 0 Å². The summed E-state index contributed by atoms with van der Waals surface area (Å²) in [6.07, 6.45) is 1.70. The molecule has 18 heavy (non-hydrogen) atoms. The largest absolute Gasteiger partial charge is 0.315 e. The quantitative estimate of drug-likeness (QED) is 0.883. The highest BCUT2D eigenvalue weighted by molar-refractivity contribution is 7.89. The zero-order chi connectivity index (χ0) is 12.3. The second kappa shape index (κ2) is 6.47. The van der Waals surface area contributed by atoms with E-state index in [9.17, 15) is 12.8 Å². The molecule has 2 N–H and O–H groups in total. The van der Waals surface area contributed by atoms with Gasteiger partial charge in [0.1, 0.15) is 10.7 Å². The maximum absolute atomic E-state index is 13.4. The van der Waals surface area contributed by atoms with E-state index >= 15 is 0 Å². The molecule has 0 bridgehead atoms. The fraction of sp³-hybridized carbons (Fsp3) is 0.455. The molecule has 7 heteroatoms. The van der Waals surface area contributed by atoms with Crippen molar-refractivity contribution in [2.75, 3.05) is 13.1 Å². The van der Waals surface area contributed by atoms with E-state index in [1.165, 1.54) is 18.2 Å². The summed E-state index contributed by atoms with van der Waals surface area (Å²) in [6, 6.07) is 5.24. The van der Waals surface area contributed by atoms with Crippen molar-refractivity contribution in [3.05, 3.63) is 30.1 Å². The Labute approximate surface area is 112 Å². The molecule has 0 radical (unpaired) electrons. The third kappa shape index (κ3) is 3.65. The average Bonchev–Trinajstić information content (AvgIpc) is 2.30. The molecule has 1 aliphatic heterocycles. The summed E-state index contributed by atoms with van der Waals surface area (Å²) in [5.41, 5.74) is 0. The summed E-state index contributed by atoms with van der Waals surface area (Å²) in [6.45, 7) is 1.49. The molecule has 0 saturated carbocycles. The summed E-state index contributed by atoms with van der Waals surface area (Å²) in [5.74, 6) is -0.719. The first-order chi connectivity index (χ1) is 8.09. The molecule has 102 valence electrons. The van der Waals surface area contributed by atoms with E-state index < -0.39 is 15.8 Å². The first-order valence-corrected chi connectivity index (χ1v) is 7.05.